The smallest absolute Gasteiger partial charge is 0.328 e. The van der Waals surface area contributed by atoms with Gasteiger partial charge in [0.1, 0.15) is 5.75 Å². The summed E-state index contributed by atoms with van der Waals surface area (Å²) in [4.78, 5) is 10.7. The highest BCUT2D eigenvalue weighted by Crippen LogP contribution is 2.60. The monoisotopic (exact) mass is 374 g/mol. The molecule has 0 aliphatic heterocycles. The average Bonchev–Trinajstić information content (AvgIpc) is 2.67. The summed E-state index contributed by atoms with van der Waals surface area (Å²) in [7, 11) is 0. The molecule has 4 aliphatic carbocycles. The Labute approximate surface area is 165 Å². The highest BCUT2D eigenvalue weighted by molar-refractivity contribution is 5.85. The lowest BCUT2D eigenvalue weighted by atomic mass is 9.50. The van der Waals surface area contributed by atoms with E-state index in [1.807, 2.05) is 36.4 Å². The molecule has 2 aromatic rings. The van der Waals surface area contributed by atoms with Crippen molar-refractivity contribution < 1.29 is 15.0 Å². The Hall–Kier alpha value is -2.55. The summed E-state index contributed by atoms with van der Waals surface area (Å²) in [6.45, 7) is 0. The molecular formula is C25H26O3. The molecule has 4 aliphatic rings. The molecule has 3 heteroatoms. The van der Waals surface area contributed by atoms with Gasteiger partial charge in [-0.1, -0.05) is 30.3 Å². The van der Waals surface area contributed by atoms with Crippen molar-refractivity contribution in [3.05, 3.63) is 59.7 Å². The molecule has 4 saturated carbocycles. The van der Waals surface area contributed by atoms with Gasteiger partial charge >= 0.3 is 5.97 Å². The van der Waals surface area contributed by atoms with Crippen LogP contribution in [0.5, 0.6) is 5.75 Å². The number of benzene rings is 2. The molecule has 3 nitrogen and oxygen atoms in total. The first-order valence-corrected chi connectivity index (χ1v) is 10.4. The van der Waals surface area contributed by atoms with Gasteiger partial charge in [0, 0.05) is 6.08 Å². The molecule has 2 N–H and O–H groups in total. The van der Waals surface area contributed by atoms with Crippen LogP contribution in [-0.2, 0) is 4.79 Å². The highest BCUT2D eigenvalue weighted by Gasteiger charge is 2.49. The first-order valence-electron chi connectivity index (χ1n) is 10.4. The van der Waals surface area contributed by atoms with Crippen LogP contribution in [0.25, 0.3) is 17.2 Å². The third-order valence-electron chi connectivity index (χ3n) is 7.28. The number of carboxylic acids is 1. The van der Waals surface area contributed by atoms with E-state index in [0.717, 1.165) is 52.0 Å². The largest absolute Gasteiger partial charge is 0.508 e. The summed E-state index contributed by atoms with van der Waals surface area (Å²) in [6, 6.07) is 14.0. The van der Waals surface area contributed by atoms with Gasteiger partial charge < -0.3 is 10.2 Å². The molecule has 0 spiro atoms. The van der Waals surface area contributed by atoms with Crippen molar-refractivity contribution in [1.29, 1.82) is 0 Å². The van der Waals surface area contributed by atoms with Crippen LogP contribution >= 0.6 is 0 Å². The summed E-state index contributed by atoms with van der Waals surface area (Å²) < 4.78 is 0. The number of hydrogen-bond donors (Lipinski definition) is 2. The van der Waals surface area contributed by atoms with Crippen molar-refractivity contribution >= 4 is 12.0 Å². The van der Waals surface area contributed by atoms with E-state index in [2.05, 4.69) is 6.07 Å². The zero-order chi connectivity index (χ0) is 19.3. The molecule has 0 radical (unpaired) electrons. The standard InChI is InChI=1S/C25H26O3/c26-23-7-6-19(18-4-1-15(2-5-18)3-8-24(27)28)14-22(23)25-20-10-16-9-17(12-20)13-21(25)11-16/h1-8,14,16-17,20-21,25-26H,9-13H2,(H,27,28)/b8-3+. The SMILES string of the molecule is O=C(O)/C=C/c1ccc(-c2ccc(O)c(C3C4CC5CC(C4)CC3C5)c2)cc1. The second kappa shape index (κ2) is 6.80. The lowest BCUT2D eigenvalue weighted by Crippen LogP contribution is -2.43. The highest BCUT2D eigenvalue weighted by atomic mass is 16.4. The molecule has 6 rings (SSSR count). The Morgan fingerprint density at radius 1 is 0.857 bits per heavy atom. The Balaban J connectivity index is 1.44. The summed E-state index contributed by atoms with van der Waals surface area (Å²) in [5.41, 5.74) is 4.22. The Morgan fingerprint density at radius 2 is 1.46 bits per heavy atom. The molecular weight excluding hydrogens is 348 g/mol. The van der Waals surface area contributed by atoms with E-state index in [1.54, 1.807) is 6.08 Å². The first kappa shape index (κ1) is 17.5. The molecule has 0 atom stereocenters. The fraction of sp³-hybridized carbons (Fsp3) is 0.400. The molecule has 2 aromatic carbocycles. The third-order valence-corrected chi connectivity index (χ3v) is 7.28. The maximum absolute atomic E-state index is 10.7. The molecule has 0 aromatic heterocycles. The zero-order valence-corrected chi connectivity index (χ0v) is 15.9. The number of phenols is 1. The second-order valence-electron chi connectivity index (χ2n) is 9.02. The van der Waals surface area contributed by atoms with Gasteiger partial charge in [-0.15, -0.1) is 0 Å². The number of rotatable bonds is 4. The molecule has 4 fully saturated rings. The van der Waals surface area contributed by atoms with Gasteiger partial charge in [-0.3, -0.25) is 0 Å². The Kier molecular flexibility index (Phi) is 4.26. The quantitative estimate of drug-likeness (QED) is 0.675. The second-order valence-corrected chi connectivity index (χ2v) is 9.02. The molecule has 0 heterocycles. The summed E-state index contributed by atoms with van der Waals surface area (Å²) in [5.74, 6) is 3.34. The van der Waals surface area contributed by atoms with E-state index < -0.39 is 5.97 Å². The molecule has 0 amide bonds. The topological polar surface area (TPSA) is 57.5 Å². The predicted molar refractivity (Wildman–Crippen MR) is 110 cm³/mol. The fourth-order valence-corrected chi connectivity index (χ4v) is 6.39. The number of carboxylic acid groups (broad SMARTS) is 1. The van der Waals surface area contributed by atoms with Gasteiger partial charge in [0.15, 0.2) is 0 Å². The fourth-order valence-electron chi connectivity index (χ4n) is 6.39. The van der Waals surface area contributed by atoms with Crippen LogP contribution in [0.3, 0.4) is 0 Å². The van der Waals surface area contributed by atoms with Crippen LogP contribution in [0.2, 0.25) is 0 Å². The van der Waals surface area contributed by atoms with Gasteiger partial charge in [-0.05, 0) is 102 Å². The molecule has 0 saturated heterocycles. The van der Waals surface area contributed by atoms with E-state index in [9.17, 15) is 9.90 Å². The van der Waals surface area contributed by atoms with Crippen molar-refractivity contribution in [2.24, 2.45) is 23.7 Å². The number of aromatic hydroxyl groups is 1. The van der Waals surface area contributed by atoms with Crippen LogP contribution < -0.4 is 0 Å². The maximum Gasteiger partial charge on any atom is 0.328 e. The van der Waals surface area contributed by atoms with Crippen molar-refractivity contribution in [2.45, 2.75) is 38.0 Å². The number of hydrogen-bond acceptors (Lipinski definition) is 2. The van der Waals surface area contributed by atoms with Crippen LogP contribution in [0.4, 0.5) is 0 Å². The van der Waals surface area contributed by atoms with Crippen LogP contribution in [0, 0.1) is 23.7 Å². The van der Waals surface area contributed by atoms with E-state index in [0.29, 0.717) is 11.7 Å². The van der Waals surface area contributed by atoms with Crippen molar-refractivity contribution in [3.63, 3.8) is 0 Å². The van der Waals surface area contributed by atoms with Gasteiger partial charge in [-0.2, -0.15) is 0 Å². The van der Waals surface area contributed by atoms with Gasteiger partial charge in [0.2, 0.25) is 0 Å². The number of aliphatic carboxylic acids is 1. The first-order chi connectivity index (χ1) is 13.6. The van der Waals surface area contributed by atoms with Crippen LogP contribution in [0.15, 0.2) is 48.5 Å². The normalized spacial score (nSPS) is 30.8. The maximum atomic E-state index is 10.7. The Morgan fingerprint density at radius 3 is 2.07 bits per heavy atom. The van der Waals surface area contributed by atoms with Gasteiger partial charge in [0.25, 0.3) is 0 Å². The molecule has 144 valence electrons. The summed E-state index contributed by atoms with van der Waals surface area (Å²) >= 11 is 0. The summed E-state index contributed by atoms with van der Waals surface area (Å²) in [6.07, 6.45) is 9.55. The minimum Gasteiger partial charge on any atom is -0.508 e. The average molecular weight is 374 g/mol. The van der Waals surface area contributed by atoms with E-state index in [4.69, 9.17) is 5.11 Å². The lowest BCUT2D eigenvalue weighted by molar-refractivity contribution is -0.131. The van der Waals surface area contributed by atoms with Crippen molar-refractivity contribution in [1.82, 2.24) is 0 Å². The lowest BCUT2D eigenvalue weighted by Gasteiger charge is -2.54. The molecule has 4 bridgehead atoms. The van der Waals surface area contributed by atoms with E-state index in [-0.39, 0.29) is 0 Å². The molecule has 28 heavy (non-hydrogen) atoms. The minimum atomic E-state index is -0.942. The molecule has 0 unspecified atom stereocenters. The predicted octanol–water partition coefficient (Wildman–Crippen LogP) is 5.70. The van der Waals surface area contributed by atoms with Crippen LogP contribution in [-0.4, -0.2) is 16.2 Å². The van der Waals surface area contributed by atoms with E-state index >= 15 is 0 Å². The summed E-state index contributed by atoms with van der Waals surface area (Å²) in [5, 5.41) is 19.4. The minimum absolute atomic E-state index is 0.447. The van der Waals surface area contributed by atoms with Crippen molar-refractivity contribution in [3.8, 4) is 16.9 Å². The van der Waals surface area contributed by atoms with E-state index in [1.165, 1.54) is 32.1 Å². The third kappa shape index (κ3) is 3.13. The van der Waals surface area contributed by atoms with Gasteiger partial charge in [-0.25, -0.2) is 4.79 Å². The van der Waals surface area contributed by atoms with Crippen LogP contribution in [0.1, 0.15) is 49.1 Å². The van der Waals surface area contributed by atoms with Gasteiger partial charge in [0.05, 0.1) is 0 Å². The number of carbonyl (C=O) groups is 1. The Bertz CT molecular complexity index is 897. The number of phenolic OH excluding ortho intramolecular Hbond substituents is 1. The van der Waals surface area contributed by atoms with Crippen molar-refractivity contribution in [2.75, 3.05) is 0 Å². The zero-order valence-electron chi connectivity index (χ0n) is 15.9.